The smallest absolute Gasteiger partial charge is 0.270 e. The van der Waals surface area contributed by atoms with Crippen LogP contribution in [-0.2, 0) is 6.54 Å². The third-order valence-electron chi connectivity index (χ3n) is 5.93. The number of para-hydroxylation sites is 1. The van der Waals surface area contributed by atoms with Crippen molar-refractivity contribution in [3.05, 3.63) is 71.7 Å². The van der Waals surface area contributed by atoms with E-state index in [0.717, 1.165) is 42.1 Å². The van der Waals surface area contributed by atoms with Crippen LogP contribution in [0, 0.1) is 5.82 Å². The lowest BCUT2D eigenvalue weighted by molar-refractivity contribution is 0.0623. The van der Waals surface area contributed by atoms with Crippen molar-refractivity contribution >= 4 is 16.8 Å². The molecule has 2 N–H and O–H groups in total. The van der Waals surface area contributed by atoms with Gasteiger partial charge in [-0.1, -0.05) is 30.3 Å². The Labute approximate surface area is 171 Å². The molecule has 4 nitrogen and oxygen atoms in total. The molecule has 1 saturated carbocycles. The fourth-order valence-corrected chi connectivity index (χ4v) is 4.45. The Kier molecular flexibility index (Phi) is 5.95. The highest BCUT2D eigenvalue weighted by Crippen LogP contribution is 2.26. The predicted octanol–water partition coefficient (Wildman–Crippen LogP) is 4.87. The van der Waals surface area contributed by atoms with E-state index in [4.69, 9.17) is 0 Å². The number of aromatic amines is 1. The number of carbonyl (C=O) groups is 1. The normalized spacial score (nSPS) is 19.4. The Morgan fingerprint density at radius 2 is 2.03 bits per heavy atom. The largest absolute Gasteiger partial charge is 0.351 e. The van der Waals surface area contributed by atoms with Gasteiger partial charge in [0.25, 0.3) is 5.91 Å². The van der Waals surface area contributed by atoms with Crippen LogP contribution in [0.2, 0.25) is 0 Å². The van der Waals surface area contributed by atoms with Crippen LogP contribution in [0.25, 0.3) is 10.9 Å². The molecule has 0 aliphatic heterocycles. The number of carbonyl (C=O) groups excluding carboxylic acids is 1. The highest BCUT2D eigenvalue weighted by Gasteiger charge is 2.29. The summed E-state index contributed by atoms with van der Waals surface area (Å²) in [5, 5.41) is 4.62. The number of fused-ring (bicyclic) bond motifs is 1. The number of hydrogen-bond donors (Lipinski definition) is 2. The van der Waals surface area contributed by atoms with Gasteiger partial charge in [0.05, 0.1) is 0 Å². The lowest BCUT2D eigenvalue weighted by atomic mass is 9.89. The summed E-state index contributed by atoms with van der Waals surface area (Å²) in [6.07, 6.45) is 4.12. The van der Waals surface area contributed by atoms with Gasteiger partial charge >= 0.3 is 0 Å². The van der Waals surface area contributed by atoms with Crippen molar-refractivity contribution < 1.29 is 9.18 Å². The van der Waals surface area contributed by atoms with Crippen molar-refractivity contribution in [3.8, 4) is 0 Å². The number of aromatic nitrogens is 1. The van der Waals surface area contributed by atoms with Gasteiger partial charge in [-0.25, -0.2) is 4.39 Å². The maximum atomic E-state index is 13.4. The van der Waals surface area contributed by atoms with Crippen LogP contribution in [0.5, 0.6) is 0 Å². The molecule has 3 aromatic rings. The average Bonchev–Trinajstić information content (AvgIpc) is 3.17. The number of halogens is 1. The van der Waals surface area contributed by atoms with Crippen molar-refractivity contribution in [2.45, 2.75) is 51.2 Å². The highest BCUT2D eigenvalue weighted by atomic mass is 19.1. The van der Waals surface area contributed by atoms with Gasteiger partial charge in [0.2, 0.25) is 0 Å². The molecule has 152 valence electrons. The molecule has 0 spiro atoms. The fourth-order valence-electron chi connectivity index (χ4n) is 4.45. The van der Waals surface area contributed by atoms with Crippen LogP contribution >= 0.6 is 0 Å². The summed E-state index contributed by atoms with van der Waals surface area (Å²) in [5.41, 5.74) is 2.60. The zero-order valence-electron chi connectivity index (χ0n) is 16.8. The second kappa shape index (κ2) is 8.78. The number of H-pyrrole nitrogens is 1. The molecule has 1 amide bonds. The third-order valence-corrected chi connectivity index (χ3v) is 5.93. The Balaban J connectivity index is 1.42. The average molecular weight is 394 g/mol. The molecule has 2 atom stereocenters. The number of amides is 1. The maximum absolute atomic E-state index is 13.4. The molecule has 0 saturated heterocycles. The SMILES string of the molecule is CCN(C(=O)c1cc2ccccc2[nH]1)C1CCCC(NCc2cccc(F)c2)C1. The molecule has 1 fully saturated rings. The summed E-state index contributed by atoms with van der Waals surface area (Å²) < 4.78 is 13.4. The lowest BCUT2D eigenvalue weighted by Crippen LogP contribution is -2.46. The van der Waals surface area contributed by atoms with E-state index in [-0.39, 0.29) is 17.8 Å². The number of benzene rings is 2. The van der Waals surface area contributed by atoms with Gasteiger partial charge in [-0.05, 0) is 62.4 Å². The van der Waals surface area contributed by atoms with Crippen molar-refractivity contribution in [1.29, 1.82) is 0 Å². The quantitative estimate of drug-likeness (QED) is 0.628. The van der Waals surface area contributed by atoms with Gasteiger partial charge in [0.15, 0.2) is 0 Å². The minimum atomic E-state index is -0.202. The van der Waals surface area contributed by atoms with E-state index in [1.165, 1.54) is 6.07 Å². The first kappa shape index (κ1) is 19.6. The van der Waals surface area contributed by atoms with Crippen LogP contribution in [-0.4, -0.2) is 34.4 Å². The molecule has 1 heterocycles. The standard InChI is InChI=1S/C24H28FN3O/c1-2-28(24(29)23-14-18-8-3-4-12-22(18)27-23)21-11-6-10-20(15-21)26-16-17-7-5-9-19(25)13-17/h3-5,7-9,12-14,20-21,26-27H,2,6,10-11,15-16H2,1H3. The van der Waals surface area contributed by atoms with Crippen LogP contribution in [0.4, 0.5) is 4.39 Å². The second-order valence-corrected chi connectivity index (χ2v) is 7.89. The van der Waals surface area contributed by atoms with E-state index in [1.807, 2.05) is 48.2 Å². The van der Waals surface area contributed by atoms with E-state index in [2.05, 4.69) is 10.3 Å². The Hall–Kier alpha value is -2.66. The van der Waals surface area contributed by atoms with Crippen molar-refractivity contribution in [3.63, 3.8) is 0 Å². The monoisotopic (exact) mass is 393 g/mol. The van der Waals surface area contributed by atoms with Gasteiger partial charge in [-0.3, -0.25) is 4.79 Å². The molecule has 4 rings (SSSR count). The molecular formula is C24H28FN3O. The zero-order chi connectivity index (χ0) is 20.2. The predicted molar refractivity (Wildman–Crippen MR) is 114 cm³/mol. The van der Waals surface area contributed by atoms with Gasteiger partial charge in [-0.2, -0.15) is 0 Å². The summed E-state index contributed by atoms with van der Waals surface area (Å²) in [5.74, 6) is -0.133. The summed E-state index contributed by atoms with van der Waals surface area (Å²) >= 11 is 0. The summed E-state index contributed by atoms with van der Waals surface area (Å²) in [6.45, 7) is 3.39. The number of hydrogen-bond acceptors (Lipinski definition) is 2. The van der Waals surface area contributed by atoms with E-state index >= 15 is 0 Å². The fraction of sp³-hybridized carbons (Fsp3) is 0.375. The van der Waals surface area contributed by atoms with E-state index < -0.39 is 0 Å². The Morgan fingerprint density at radius 3 is 2.83 bits per heavy atom. The second-order valence-electron chi connectivity index (χ2n) is 7.89. The van der Waals surface area contributed by atoms with Crippen LogP contribution in [0.15, 0.2) is 54.6 Å². The molecule has 1 aromatic heterocycles. The molecule has 1 aliphatic rings. The first-order valence-corrected chi connectivity index (χ1v) is 10.5. The third kappa shape index (κ3) is 4.51. The maximum Gasteiger partial charge on any atom is 0.270 e. The molecule has 2 unspecified atom stereocenters. The van der Waals surface area contributed by atoms with Gasteiger partial charge in [0.1, 0.15) is 11.5 Å². The summed E-state index contributed by atoms with van der Waals surface area (Å²) in [7, 11) is 0. The van der Waals surface area contributed by atoms with Crippen LogP contribution in [0.1, 0.15) is 48.7 Å². The minimum Gasteiger partial charge on any atom is -0.351 e. The van der Waals surface area contributed by atoms with Crippen LogP contribution < -0.4 is 5.32 Å². The van der Waals surface area contributed by atoms with Gasteiger partial charge in [-0.15, -0.1) is 0 Å². The number of nitrogens with one attached hydrogen (secondary N) is 2. The molecular weight excluding hydrogens is 365 g/mol. The summed E-state index contributed by atoms with van der Waals surface area (Å²) in [4.78, 5) is 18.5. The Bertz CT molecular complexity index is 950. The molecule has 29 heavy (non-hydrogen) atoms. The van der Waals surface area contributed by atoms with Crippen molar-refractivity contribution in [2.24, 2.45) is 0 Å². The minimum absolute atomic E-state index is 0.0690. The topological polar surface area (TPSA) is 48.1 Å². The molecule has 1 aliphatic carbocycles. The molecule has 0 radical (unpaired) electrons. The van der Waals surface area contributed by atoms with Crippen molar-refractivity contribution in [2.75, 3.05) is 6.54 Å². The molecule has 5 heteroatoms. The van der Waals surface area contributed by atoms with Crippen molar-refractivity contribution in [1.82, 2.24) is 15.2 Å². The van der Waals surface area contributed by atoms with E-state index in [0.29, 0.717) is 24.8 Å². The van der Waals surface area contributed by atoms with Gasteiger partial charge in [0, 0.05) is 36.1 Å². The van der Waals surface area contributed by atoms with E-state index in [1.54, 1.807) is 12.1 Å². The van der Waals surface area contributed by atoms with Crippen LogP contribution in [0.3, 0.4) is 0 Å². The number of rotatable bonds is 6. The zero-order valence-corrected chi connectivity index (χ0v) is 16.8. The number of nitrogens with zero attached hydrogens (tertiary/aromatic N) is 1. The first-order chi connectivity index (χ1) is 14.1. The Morgan fingerprint density at radius 1 is 1.17 bits per heavy atom. The van der Waals surface area contributed by atoms with Gasteiger partial charge < -0.3 is 15.2 Å². The van der Waals surface area contributed by atoms with E-state index in [9.17, 15) is 9.18 Å². The summed E-state index contributed by atoms with van der Waals surface area (Å²) in [6, 6.07) is 17.2. The highest BCUT2D eigenvalue weighted by molar-refractivity contribution is 5.98. The first-order valence-electron chi connectivity index (χ1n) is 10.5. The molecule has 0 bridgehead atoms. The lowest BCUT2D eigenvalue weighted by Gasteiger charge is -2.37. The molecule has 2 aromatic carbocycles.